The Morgan fingerprint density at radius 1 is 0.962 bits per heavy atom. The molecule has 0 bridgehead atoms. The Labute approximate surface area is 155 Å². The van der Waals surface area contributed by atoms with Gasteiger partial charge in [0.2, 0.25) is 5.91 Å². The lowest BCUT2D eigenvalue weighted by Gasteiger charge is -2.32. The maximum Gasteiger partial charge on any atom is 0.253 e. The molecule has 1 saturated heterocycles. The van der Waals surface area contributed by atoms with Crippen molar-refractivity contribution < 1.29 is 9.59 Å². The van der Waals surface area contributed by atoms with Crippen LogP contribution in [-0.4, -0.2) is 29.8 Å². The smallest absolute Gasteiger partial charge is 0.253 e. The second-order valence-electron chi connectivity index (χ2n) is 7.32. The fourth-order valence-electron chi connectivity index (χ4n) is 3.54. The third-order valence-electron chi connectivity index (χ3n) is 4.87. The number of hydrogen-bond donors (Lipinski definition) is 1. The number of likely N-dealkylation sites (tertiary alicyclic amines) is 1. The van der Waals surface area contributed by atoms with E-state index in [1.807, 2.05) is 62.1 Å². The maximum atomic E-state index is 12.9. The average Bonchev–Trinajstić information content (AvgIpc) is 2.62. The first kappa shape index (κ1) is 18.2. The number of nitrogens with one attached hydrogen (secondary N) is 1. The first-order valence-corrected chi connectivity index (χ1v) is 9.17. The van der Waals surface area contributed by atoms with E-state index < -0.39 is 0 Å². The third-order valence-corrected chi connectivity index (χ3v) is 4.87. The molecule has 26 heavy (non-hydrogen) atoms. The first-order chi connectivity index (χ1) is 12.4. The van der Waals surface area contributed by atoms with Gasteiger partial charge < -0.3 is 10.2 Å². The lowest BCUT2D eigenvalue weighted by Crippen LogP contribution is -2.43. The summed E-state index contributed by atoms with van der Waals surface area (Å²) in [5, 5.41) is 2.98. The van der Waals surface area contributed by atoms with E-state index >= 15 is 0 Å². The molecule has 1 aliphatic heterocycles. The lowest BCUT2D eigenvalue weighted by molar-refractivity contribution is -0.121. The van der Waals surface area contributed by atoms with Crippen molar-refractivity contribution in [2.45, 2.75) is 33.6 Å². The fourth-order valence-corrected chi connectivity index (χ4v) is 3.54. The zero-order valence-electron chi connectivity index (χ0n) is 15.7. The van der Waals surface area contributed by atoms with Crippen molar-refractivity contribution in [2.75, 3.05) is 18.4 Å². The molecule has 2 aromatic rings. The van der Waals surface area contributed by atoms with E-state index in [4.69, 9.17) is 0 Å². The molecule has 3 rings (SSSR count). The van der Waals surface area contributed by atoms with Gasteiger partial charge in [-0.15, -0.1) is 0 Å². The van der Waals surface area contributed by atoms with Crippen LogP contribution in [0.2, 0.25) is 0 Å². The van der Waals surface area contributed by atoms with E-state index in [0.717, 1.165) is 35.2 Å². The molecule has 0 spiro atoms. The molecule has 1 heterocycles. The number of hydrogen-bond acceptors (Lipinski definition) is 2. The predicted molar refractivity (Wildman–Crippen MR) is 104 cm³/mol. The highest BCUT2D eigenvalue weighted by atomic mass is 16.2. The molecular weight excluding hydrogens is 324 g/mol. The zero-order chi connectivity index (χ0) is 18.7. The Morgan fingerprint density at radius 3 is 2.27 bits per heavy atom. The van der Waals surface area contributed by atoms with Gasteiger partial charge in [0.15, 0.2) is 0 Å². The van der Waals surface area contributed by atoms with Crippen molar-refractivity contribution in [1.29, 1.82) is 0 Å². The van der Waals surface area contributed by atoms with Crippen LogP contribution in [0.25, 0.3) is 0 Å². The van der Waals surface area contributed by atoms with Gasteiger partial charge in [0, 0.05) is 24.3 Å². The number of aryl methyl sites for hydroxylation is 3. The van der Waals surface area contributed by atoms with Crippen molar-refractivity contribution in [3.8, 4) is 0 Å². The van der Waals surface area contributed by atoms with Gasteiger partial charge in [-0.05, 0) is 57.9 Å². The molecule has 0 unspecified atom stereocenters. The molecule has 0 radical (unpaired) electrons. The van der Waals surface area contributed by atoms with Gasteiger partial charge in [-0.2, -0.15) is 0 Å². The second-order valence-corrected chi connectivity index (χ2v) is 7.32. The first-order valence-electron chi connectivity index (χ1n) is 9.17. The Bertz CT molecular complexity index is 791. The van der Waals surface area contributed by atoms with E-state index in [2.05, 4.69) is 11.4 Å². The molecule has 1 aliphatic rings. The van der Waals surface area contributed by atoms with Crippen molar-refractivity contribution in [3.05, 3.63) is 64.7 Å². The molecule has 1 fully saturated rings. The molecule has 4 heteroatoms. The molecule has 1 N–H and O–H groups in total. The second kappa shape index (κ2) is 7.73. The Balaban J connectivity index is 1.67. The van der Waals surface area contributed by atoms with Crippen LogP contribution in [0.1, 0.15) is 39.9 Å². The summed E-state index contributed by atoms with van der Waals surface area (Å²) in [6.45, 7) is 7.20. The monoisotopic (exact) mass is 350 g/mol. The Kier molecular flexibility index (Phi) is 5.40. The third kappa shape index (κ3) is 4.31. The van der Waals surface area contributed by atoms with E-state index in [-0.39, 0.29) is 17.7 Å². The van der Waals surface area contributed by atoms with Crippen LogP contribution < -0.4 is 5.32 Å². The number of carbonyl (C=O) groups excluding carboxylic acids is 2. The number of amides is 2. The fraction of sp³-hybridized carbons (Fsp3) is 0.364. The number of benzene rings is 2. The largest absolute Gasteiger partial charge is 0.338 e. The van der Waals surface area contributed by atoms with E-state index in [1.54, 1.807) is 0 Å². The highest BCUT2D eigenvalue weighted by Crippen LogP contribution is 2.21. The van der Waals surface area contributed by atoms with Gasteiger partial charge in [0.1, 0.15) is 0 Å². The molecule has 2 aromatic carbocycles. The van der Waals surface area contributed by atoms with Crippen LogP contribution in [0.4, 0.5) is 5.69 Å². The van der Waals surface area contributed by atoms with Crippen molar-refractivity contribution in [3.63, 3.8) is 0 Å². The normalized spacial score (nSPS) is 17.0. The summed E-state index contributed by atoms with van der Waals surface area (Å²) < 4.78 is 0. The predicted octanol–water partition coefficient (Wildman–Crippen LogP) is 4.10. The molecule has 1 atom stereocenters. The van der Waals surface area contributed by atoms with Crippen molar-refractivity contribution in [2.24, 2.45) is 5.92 Å². The van der Waals surface area contributed by atoms with Gasteiger partial charge in [0.05, 0.1) is 5.92 Å². The molecule has 0 aromatic heterocycles. The van der Waals surface area contributed by atoms with Gasteiger partial charge in [0.25, 0.3) is 5.91 Å². The van der Waals surface area contributed by atoms with Crippen LogP contribution in [0.5, 0.6) is 0 Å². The summed E-state index contributed by atoms with van der Waals surface area (Å²) in [6, 6.07) is 13.7. The van der Waals surface area contributed by atoms with Crippen LogP contribution in [0.15, 0.2) is 42.5 Å². The van der Waals surface area contributed by atoms with Crippen molar-refractivity contribution in [1.82, 2.24) is 4.90 Å². The van der Waals surface area contributed by atoms with Gasteiger partial charge >= 0.3 is 0 Å². The maximum absolute atomic E-state index is 12.9. The summed E-state index contributed by atoms with van der Waals surface area (Å²) in [6.07, 6.45) is 1.66. The highest BCUT2D eigenvalue weighted by Gasteiger charge is 2.29. The molecule has 136 valence electrons. The average molecular weight is 350 g/mol. The lowest BCUT2D eigenvalue weighted by atomic mass is 9.96. The van der Waals surface area contributed by atoms with Crippen LogP contribution in [0.3, 0.4) is 0 Å². The Hall–Kier alpha value is -2.62. The summed E-state index contributed by atoms with van der Waals surface area (Å²) in [4.78, 5) is 27.3. The summed E-state index contributed by atoms with van der Waals surface area (Å²) >= 11 is 0. The van der Waals surface area contributed by atoms with E-state index in [0.29, 0.717) is 18.7 Å². The van der Waals surface area contributed by atoms with Gasteiger partial charge in [-0.25, -0.2) is 0 Å². The van der Waals surface area contributed by atoms with E-state index in [9.17, 15) is 9.59 Å². The molecule has 0 saturated carbocycles. The summed E-state index contributed by atoms with van der Waals surface area (Å²) in [5.41, 5.74) is 4.84. The number of nitrogens with zero attached hydrogens (tertiary/aromatic N) is 1. The van der Waals surface area contributed by atoms with Crippen molar-refractivity contribution >= 4 is 17.5 Å². The number of carbonyl (C=O) groups is 2. The molecule has 2 amide bonds. The van der Waals surface area contributed by atoms with Gasteiger partial charge in [-0.3, -0.25) is 9.59 Å². The summed E-state index contributed by atoms with van der Waals surface area (Å²) in [5.74, 6) is -0.156. The minimum absolute atomic E-state index is 0.00761. The highest BCUT2D eigenvalue weighted by molar-refractivity contribution is 5.96. The SMILES string of the molecule is Cc1ccc(NC(=O)[C@H]2CCCN(C(=O)c3cc(C)cc(C)c3)C2)cc1. The standard InChI is InChI=1S/C22H26N2O2/c1-15-6-8-20(9-7-15)23-21(25)18-5-4-10-24(14-18)22(26)19-12-16(2)11-17(3)13-19/h6-9,11-13,18H,4-5,10,14H2,1-3H3,(H,23,25)/t18-/m0/s1. The Morgan fingerprint density at radius 2 is 1.62 bits per heavy atom. The van der Waals surface area contributed by atoms with Crippen LogP contribution in [-0.2, 0) is 4.79 Å². The van der Waals surface area contributed by atoms with Gasteiger partial charge in [-0.1, -0.05) is 34.9 Å². The van der Waals surface area contributed by atoms with E-state index in [1.165, 1.54) is 0 Å². The molecule has 0 aliphatic carbocycles. The minimum Gasteiger partial charge on any atom is -0.338 e. The number of anilines is 1. The summed E-state index contributed by atoms with van der Waals surface area (Å²) in [7, 11) is 0. The zero-order valence-corrected chi connectivity index (χ0v) is 15.7. The number of piperidine rings is 1. The quantitative estimate of drug-likeness (QED) is 0.906. The number of rotatable bonds is 3. The minimum atomic E-state index is -0.167. The topological polar surface area (TPSA) is 49.4 Å². The molecular formula is C22H26N2O2. The molecule has 4 nitrogen and oxygen atoms in total. The van der Waals surface area contributed by atoms with Crippen LogP contribution in [0, 0.1) is 26.7 Å². The van der Waals surface area contributed by atoms with Crippen LogP contribution >= 0.6 is 0 Å².